The van der Waals surface area contributed by atoms with Crippen LogP contribution in [0.1, 0.15) is 34.8 Å². The number of aliphatic carboxylic acids is 1. The van der Waals surface area contributed by atoms with Crippen LogP contribution in [0.2, 0.25) is 0 Å². The van der Waals surface area contributed by atoms with Crippen LogP contribution in [0.3, 0.4) is 0 Å². The van der Waals surface area contributed by atoms with E-state index in [1.807, 2.05) is 43.3 Å². The van der Waals surface area contributed by atoms with Gasteiger partial charge < -0.3 is 15.2 Å². The van der Waals surface area contributed by atoms with E-state index in [4.69, 9.17) is 9.84 Å². The first-order chi connectivity index (χ1) is 13.9. The molecule has 29 heavy (non-hydrogen) atoms. The lowest BCUT2D eigenvalue weighted by Crippen LogP contribution is -2.38. The average Bonchev–Trinajstić information content (AvgIpc) is 3.15. The second kappa shape index (κ2) is 9.20. The maximum Gasteiger partial charge on any atom is 0.325 e. The maximum atomic E-state index is 12.8. The Bertz CT molecular complexity index is 896. The molecule has 0 aromatic heterocycles. The molecule has 1 amide bonds. The predicted molar refractivity (Wildman–Crippen MR) is 112 cm³/mol. The minimum Gasteiger partial charge on any atom is -0.480 e. The van der Waals surface area contributed by atoms with Crippen LogP contribution in [0.25, 0.3) is 11.1 Å². The van der Waals surface area contributed by atoms with Gasteiger partial charge in [0.25, 0.3) is 5.91 Å². The molecule has 6 heteroatoms. The van der Waals surface area contributed by atoms with Crippen LogP contribution in [0.4, 0.5) is 0 Å². The first-order valence-corrected chi connectivity index (χ1v) is 9.86. The van der Waals surface area contributed by atoms with Gasteiger partial charge in [0.15, 0.2) is 0 Å². The van der Waals surface area contributed by atoms with E-state index < -0.39 is 12.0 Å². The second-order valence-electron chi connectivity index (χ2n) is 7.61. The van der Waals surface area contributed by atoms with Crippen molar-refractivity contribution in [1.82, 2.24) is 10.2 Å². The highest BCUT2D eigenvalue weighted by Gasteiger charge is 2.23. The summed E-state index contributed by atoms with van der Waals surface area (Å²) in [5.74, 6) is -1.44. The van der Waals surface area contributed by atoms with Gasteiger partial charge in [0.05, 0.1) is 6.10 Å². The van der Waals surface area contributed by atoms with Gasteiger partial charge in [-0.1, -0.05) is 30.3 Å². The number of carbonyl (C=O) groups excluding carboxylic acids is 1. The van der Waals surface area contributed by atoms with Crippen LogP contribution in [0, 0.1) is 6.92 Å². The molecule has 2 aromatic rings. The number of hydrogen-bond donors (Lipinski definition) is 2. The number of aryl methyl sites for hydroxylation is 1. The molecule has 0 bridgehead atoms. The summed E-state index contributed by atoms with van der Waals surface area (Å²) < 4.78 is 5.45. The Morgan fingerprint density at radius 3 is 2.66 bits per heavy atom. The van der Waals surface area contributed by atoms with Crippen molar-refractivity contribution in [3.05, 3.63) is 59.2 Å². The van der Waals surface area contributed by atoms with Crippen molar-refractivity contribution < 1.29 is 19.4 Å². The van der Waals surface area contributed by atoms with Gasteiger partial charge in [0, 0.05) is 32.3 Å². The summed E-state index contributed by atoms with van der Waals surface area (Å²) >= 11 is 0. The third-order valence-electron chi connectivity index (χ3n) is 5.45. The van der Waals surface area contributed by atoms with Gasteiger partial charge in [-0.2, -0.15) is 0 Å². The zero-order valence-electron chi connectivity index (χ0n) is 17.1. The van der Waals surface area contributed by atoms with Gasteiger partial charge >= 0.3 is 5.97 Å². The topological polar surface area (TPSA) is 78.9 Å². The van der Waals surface area contributed by atoms with E-state index in [0.717, 1.165) is 48.3 Å². The third-order valence-corrected chi connectivity index (χ3v) is 5.45. The normalized spacial score (nSPS) is 17.8. The Labute approximate surface area is 171 Å². The molecular formula is C23H28N2O4. The van der Waals surface area contributed by atoms with Crippen molar-refractivity contribution in [3.8, 4) is 11.1 Å². The fourth-order valence-corrected chi connectivity index (χ4v) is 3.71. The lowest BCUT2D eigenvalue weighted by atomic mass is 9.93. The van der Waals surface area contributed by atoms with E-state index in [2.05, 4.69) is 10.2 Å². The van der Waals surface area contributed by atoms with E-state index in [1.54, 1.807) is 13.2 Å². The van der Waals surface area contributed by atoms with Crippen LogP contribution in [-0.2, 0) is 16.1 Å². The van der Waals surface area contributed by atoms with Crippen molar-refractivity contribution in [3.63, 3.8) is 0 Å². The van der Waals surface area contributed by atoms with Crippen molar-refractivity contribution >= 4 is 11.9 Å². The molecule has 154 valence electrons. The molecule has 0 saturated carbocycles. The van der Waals surface area contributed by atoms with Crippen LogP contribution in [0.5, 0.6) is 0 Å². The molecule has 6 nitrogen and oxygen atoms in total. The summed E-state index contributed by atoms with van der Waals surface area (Å²) in [6.45, 7) is 6.13. The number of amides is 1. The van der Waals surface area contributed by atoms with Crippen molar-refractivity contribution in [1.29, 1.82) is 0 Å². The molecule has 1 saturated heterocycles. The van der Waals surface area contributed by atoms with Gasteiger partial charge in [-0.15, -0.1) is 0 Å². The molecule has 1 aliphatic heterocycles. The molecule has 1 heterocycles. The minimum absolute atomic E-state index is 0.272. The molecule has 1 fully saturated rings. The Hall–Kier alpha value is -2.70. The number of nitrogens with one attached hydrogen (secondary N) is 1. The largest absolute Gasteiger partial charge is 0.480 e. The van der Waals surface area contributed by atoms with Gasteiger partial charge in [0.1, 0.15) is 6.04 Å². The minimum atomic E-state index is -1.06. The Balaban J connectivity index is 1.93. The van der Waals surface area contributed by atoms with Crippen molar-refractivity contribution in [2.75, 3.05) is 20.2 Å². The maximum absolute atomic E-state index is 12.8. The van der Waals surface area contributed by atoms with Crippen LogP contribution in [0.15, 0.2) is 42.5 Å². The zero-order chi connectivity index (χ0) is 21.0. The Morgan fingerprint density at radius 1 is 1.24 bits per heavy atom. The molecule has 1 aliphatic rings. The molecule has 2 unspecified atom stereocenters. The van der Waals surface area contributed by atoms with E-state index in [-0.39, 0.29) is 12.0 Å². The molecule has 3 rings (SSSR count). The van der Waals surface area contributed by atoms with Gasteiger partial charge in [-0.25, -0.2) is 0 Å². The van der Waals surface area contributed by atoms with Gasteiger partial charge in [-0.05, 0) is 54.7 Å². The van der Waals surface area contributed by atoms with Crippen molar-refractivity contribution in [2.24, 2.45) is 0 Å². The molecule has 2 atom stereocenters. The first kappa shape index (κ1) is 21.0. The molecule has 0 radical (unpaired) electrons. The number of carboxylic acids is 1. The van der Waals surface area contributed by atoms with E-state index >= 15 is 0 Å². The van der Waals surface area contributed by atoms with Crippen LogP contribution >= 0.6 is 0 Å². The van der Waals surface area contributed by atoms with Crippen LogP contribution in [-0.4, -0.2) is 54.2 Å². The van der Waals surface area contributed by atoms with Gasteiger partial charge in [-0.3, -0.25) is 14.5 Å². The number of benzene rings is 2. The number of carboxylic acid groups (broad SMARTS) is 1. The summed E-state index contributed by atoms with van der Waals surface area (Å²) in [5.41, 5.74) is 4.44. The Kier molecular flexibility index (Phi) is 6.67. The van der Waals surface area contributed by atoms with Crippen LogP contribution < -0.4 is 5.32 Å². The number of nitrogens with zero attached hydrogens (tertiary/aromatic N) is 1. The fraction of sp³-hybridized carbons (Fsp3) is 0.391. The zero-order valence-corrected chi connectivity index (χ0v) is 17.1. The first-order valence-electron chi connectivity index (χ1n) is 9.86. The summed E-state index contributed by atoms with van der Waals surface area (Å²) in [5, 5.41) is 11.7. The highest BCUT2D eigenvalue weighted by Crippen LogP contribution is 2.29. The van der Waals surface area contributed by atoms with E-state index in [9.17, 15) is 9.59 Å². The number of ether oxygens (including phenoxy) is 1. The Morgan fingerprint density at radius 2 is 2.00 bits per heavy atom. The van der Waals surface area contributed by atoms with E-state index in [0.29, 0.717) is 5.56 Å². The quantitative estimate of drug-likeness (QED) is 0.752. The summed E-state index contributed by atoms with van der Waals surface area (Å²) in [6, 6.07) is 12.7. The van der Waals surface area contributed by atoms with E-state index in [1.165, 1.54) is 6.92 Å². The number of rotatable bonds is 7. The summed E-state index contributed by atoms with van der Waals surface area (Å²) in [7, 11) is 1.75. The monoisotopic (exact) mass is 396 g/mol. The second-order valence-corrected chi connectivity index (χ2v) is 7.61. The highest BCUT2D eigenvalue weighted by molar-refractivity contribution is 6.02. The molecule has 0 aliphatic carbocycles. The fourth-order valence-electron chi connectivity index (χ4n) is 3.71. The predicted octanol–water partition coefficient (Wildman–Crippen LogP) is 3.09. The molecule has 2 aromatic carbocycles. The standard InChI is InChI=1S/C23H28N2O4/c1-15-6-4-5-7-19(15)21-12-17(13-25-11-10-18(14-25)29-3)8-9-20(21)22(26)24-16(2)23(27)28/h4-9,12,16,18H,10-11,13-14H2,1-3H3,(H,24,26)(H,27,28). The number of likely N-dealkylation sites (tertiary alicyclic amines) is 1. The summed E-state index contributed by atoms with van der Waals surface area (Å²) in [6.07, 6.45) is 1.29. The third kappa shape index (κ3) is 5.02. The molecule has 2 N–H and O–H groups in total. The molecule has 0 spiro atoms. The number of hydrogen-bond acceptors (Lipinski definition) is 4. The van der Waals surface area contributed by atoms with Crippen molar-refractivity contribution in [2.45, 2.75) is 39.0 Å². The number of carbonyl (C=O) groups is 2. The van der Waals surface area contributed by atoms with Gasteiger partial charge in [0.2, 0.25) is 0 Å². The number of methoxy groups -OCH3 is 1. The molecular weight excluding hydrogens is 368 g/mol. The lowest BCUT2D eigenvalue weighted by molar-refractivity contribution is -0.138. The average molecular weight is 396 g/mol. The SMILES string of the molecule is COC1CCN(Cc2ccc(C(=O)NC(C)C(=O)O)c(-c3ccccc3C)c2)C1. The highest BCUT2D eigenvalue weighted by atomic mass is 16.5. The smallest absolute Gasteiger partial charge is 0.325 e. The lowest BCUT2D eigenvalue weighted by Gasteiger charge is -2.19. The summed E-state index contributed by atoms with van der Waals surface area (Å²) in [4.78, 5) is 26.3.